The Hall–Kier alpha value is -5.41. The zero-order valence-electron chi connectivity index (χ0n) is 45.8. The van der Waals surface area contributed by atoms with Crippen molar-refractivity contribution in [3.8, 4) is 0 Å². The van der Waals surface area contributed by atoms with Crippen molar-refractivity contribution in [2.75, 3.05) is 18.5 Å². The number of thioether (sulfide) groups is 2. The molecule has 13 aliphatic rings. The third kappa shape index (κ3) is 7.71. The fraction of sp³-hybridized carbons (Fsp3) is 0.443. The molecule has 8 heteroatoms. The number of allylic oxidation sites excluding steroid dienone is 16. The first-order valence-corrected chi connectivity index (χ1v) is 32.2. The van der Waals surface area contributed by atoms with E-state index in [1.807, 2.05) is 0 Å². The van der Waals surface area contributed by atoms with Crippen LogP contribution in [0.5, 0.6) is 0 Å². The summed E-state index contributed by atoms with van der Waals surface area (Å²) in [6.07, 6.45) is 52.1. The number of nitrogens with zero attached hydrogens (tertiary/aromatic N) is 4. The standard InChI is InChI=1S/C70H76N6S2/c1-70(73-68(43-21-7-3-8-22-43)72-69(74(70)2)44-23-9-4-10-24-44)58-37-45(48-31-19-32-51-56-38-54-49-29-15-17-35-59(49)75(46-25-11-5-12-26-46)61(54)40-63(56)77-66(48)51)42-71-65(58)53-34-20-33-52-57-39-55-50-30-16-18-36-60(50)76(47-27-13-6-14-28-47)62(55)41-64(57)78-67(52)53/h3,6-7,9,11,13-15,17,19,21,23-29,31,35,40-41,45,48,50-52,56-57,60,66,69,71H,4-5,8,10,12,16,18,20,22,30,32-34,36-39,42H2,1-2H3,(H,72,73). The van der Waals surface area contributed by atoms with Gasteiger partial charge in [-0.1, -0.05) is 122 Å². The van der Waals surface area contributed by atoms with Crippen LogP contribution in [0.15, 0.2) is 186 Å². The topological polar surface area (TPSA) is 47.8 Å². The summed E-state index contributed by atoms with van der Waals surface area (Å²) in [5.41, 5.74) is 17.2. The molecular weight excluding hydrogens is 989 g/mol. The Morgan fingerprint density at radius 2 is 1.63 bits per heavy atom. The maximum absolute atomic E-state index is 5.69. The van der Waals surface area contributed by atoms with Crippen LogP contribution in [0.1, 0.15) is 121 Å². The Kier molecular flexibility index (Phi) is 12.1. The second-order valence-corrected chi connectivity index (χ2v) is 27.6. The fourth-order valence-electron chi connectivity index (χ4n) is 17.4. The van der Waals surface area contributed by atoms with Crippen LogP contribution in [-0.4, -0.2) is 52.0 Å². The van der Waals surface area contributed by atoms with Gasteiger partial charge in [-0.2, -0.15) is 0 Å². The first kappa shape index (κ1) is 48.5. The number of anilines is 1. The van der Waals surface area contributed by atoms with Gasteiger partial charge in [0.05, 0.1) is 11.2 Å². The van der Waals surface area contributed by atoms with Crippen molar-refractivity contribution in [3.05, 3.63) is 193 Å². The van der Waals surface area contributed by atoms with E-state index in [0.717, 1.165) is 70.2 Å². The average molecular weight is 1070 g/mol. The number of hydrogen-bond acceptors (Lipinski definition) is 7. The number of benzene rings is 2. The van der Waals surface area contributed by atoms with E-state index in [4.69, 9.17) is 4.99 Å². The Bertz CT molecular complexity index is 3430. The van der Waals surface area contributed by atoms with Crippen LogP contribution in [0.25, 0.3) is 22.7 Å². The predicted octanol–water partition coefficient (Wildman–Crippen LogP) is 16.1. The molecule has 5 aliphatic heterocycles. The van der Waals surface area contributed by atoms with Gasteiger partial charge >= 0.3 is 0 Å². The van der Waals surface area contributed by atoms with Crippen LogP contribution in [0, 0.1) is 41.4 Å². The largest absolute Gasteiger partial charge is 0.384 e. The summed E-state index contributed by atoms with van der Waals surface area (Å²) in [5, 5.41) is 10.8. The summed E-state index contributed by atoms with van der Waals surface area (Å²) in [7, 11) is 2.38. The molecule has 0 amide bonds. The molecule has 2 N–H and O–H groups in total. The van der Waals surface area contributed by atoms with Gasteiger partial charge in [0.25, 0.3) is 0 Å². The zero-order chi connectivity index (χ0) is 51.6. The third-order valence-corrected chi connectivity index (χ3v) is 24.3. The molecule has 0 spiro atoms. The minimum absolute atomic E-state index is 0.0718. The number of nitrogens with one attached hydrogen (secondary N) is 2. The number of rotatable bonds is 7. The van der Waals surface area contributed by atoms with E-state index in [1.54, 1.807) is 42.7 Å². The Balaban J connectivity index is 0.788. The molecule has 0 radical (unpaired) electrons. The second-order valence-electron chi connectivity index (χ2n) is 25.2. The van der Waals surface area contributed by atoms with Crippen molar-refractivity contribution in [1.29, 1.82) is 0 Å². The highest BCUT2D eigenvalue weighted by Crippen LogP contribution is 2.64. The highest BCUT2D eigenvalue weighted by Gasteiger charge is 2.54. The van der Waals surface area contributed by atoms with E-state index >= 15 is 0 Å². The average Bonchev–Trinajstić information content (AvgIpc) is 4.27. The van der Waals surface area contributed by atoms with E-state index in [0.29, 0.717) is 52.7 Å². The lowest BCUT2D eigenvalue weighted by Gasteiger charge is -2.52. The molecule has 78 heavy (non-hydrogen) atoms. The van der Waals surface area contributed by atoms with Gasteiger partial charge in [0, 0.05) is 57.8 Å². The number of amidine groups is 1. The molecule has 16 rings (SSSR count). The summed E-state index contributed by atoms with van der Waals surface area (Å²) >= 11 is 4.46. The third-order valence-electron chi connectivity index (χ3n) is 21.3. The molecule has 3 fully saturated rings. The van der Waals surface area contributed by atoms with E-state index in [2.05, 4.69) is 196 Å². The molecule has 1 aromatic heterocycles. The SMILES string of the molecule is CN1C(C2=CCCC=C2)N=C(C2=CC=CCC2)NC1(C)C1=C(C2=C3SC4=CC5=C(CC4C3CCC2)C2CCCCC2N5c2ccccc2)NCC(C2C=CCC3C4Cc5c(n(C6=CCCC=C6)c6ccccc56)C=C4SC23)C1. The van der Waals surface area contributed by atoms with Crippen molar-refractivity contribution in [3.63, 3.8) is 0 Å². The zero-order valence-corrected chi connectivity index (χ0v) is 47.4. The second kappa shape index (κ2) is 19.4. The van der Waals surface area contributed by atoms with Gasteiger partial charge in [-0.05, 0) is 224 Å². The minimum atomic E-state index is -0.484. The Morgan fingerprint density at radius 1 is 0.769 bits per heavy atom. The molecule has 3 aromatic rings. The summed E-state index contributed by atoms with van der Waals surface area (Å²) in [6.45, 7) is 3.55. The summed E-state index contributed by atoms with van der Waals surface area (Å²) < 4.78 is 2.60. The molecule has 398 valence electrons. The highest BCUT2D eigenvalue weighted by atomic mass is 32.2. The van der Waals surface area contributed by atoms with Gasteiger partial charge in [-0.15, -0.1) is 11.8 Å². The molecule has 1 saturated carbocycles. The monoisotopic (exact) mass is 1060 g/mol. The summed E-state index contributed by atoms with van der Waals surface area (Å²) in [5.74, 6) is 5.08. The van der Waals surface area contributed by atoms with Crippen LogP contribution in [0.2, 0.25) is 0 Å². The quantitative estimate of drug-likeness (QED) is 0.230. The number of likely N-dealkylation sites (N-methyl/N-ethyl adjacent to an activating group) is 1. The highest BCUT2D eigenvalue weighted by molar-refractivity contribution is 8.07. The molecular formula is C70H76N6S2. The van der Waals surface area contributed by atoms with E-state index in [9.17, 15) is 0 Å². The molecule has 6 heterocycles. The maximum Gasteiger partial charge on any atom is 0.131 e. The lowest BCUT2D eigenvalue weighted by atomic mass is 9.68. The maximum atomic E-state index is 5.69. The van der Waals surface area contributed by atoms with Crippen molar-refractivity contribution < 1.29 is 0 Å². The lowest BCUT2D eigenvalue weighted by Crippen LogP contribution is -2.66. The van der Waals surface area contributed by atoms with Gasteiger partial charge < -0.3 is 20.1 Å². The first-order chi connectivity index (χ1) is 38.5. The number of aliphatic imine (C=N–C) groups is 1. The van der Waals surface area contributed by atoms with Crippen LogP contribution in [0.3, 0.4) is 0 Å². The molecule has 6 nitrogen and oxygen atoms in total. The van der Waals surface area contributed by atoms with Crippen molar-refractivity contribution in [1.82, 2.24) is 20.1 Å². The van der Waals surface area contributed by atoms with Crippen molar-refractivity contribution in [2.45, 2.75) is 139 Å². The van der Waals surface area contributed by atoms with Crippen LogP contribution in [0.4, 0.5) is 5.69 Å². The molecule has 2 aromatic carbocycles. The summed E-state index contributed by atoms with van der Waals surface area (Å²) in [6, 6.07) is 21.3. The molecule has 11 atom stereocenters. The van der Waals surface area contributed by atoms with Crippen molar-refractivity contribution >= 4 is 57.7 Å². The summed E-state index contributed by atoms with van der Waals surface area (Å²) in [4.78, 5) is 16.1. The molecule has 2 saturated heterocycles. The number of aromatic nitrogens is 1. The number of fused-ring (bicyclic) bond motifs is 11. The molecule has 0 bridgehead atoms. The van der Waals surface area contributed by atoms with Gasteiger partial charge in [-0.3, -0.25) is 4.90 Å². The minimum Gasteiger partial charge on any atom is -0.384 e. The molecule has 8 aliphatic carbocycles. The Morgan fingerprint density at radius 3 is 2.49 bits per heavy atom. The van der Waals surface area contributed by atoms with Crippen LogP contribution < -0.4 is 15.5 Å². The van der Waals surface area contributed by atoms with E-state index in [-0.39, 0.29) is 6.17 Å². The van der Waals surface area contributed by atoms with Crippen LogP contribution >= 0.6 is 23.5 Å². The predicted molar refractivity (Wildman–Crippen MR) is 328 cm³/mol. The van der Waals surface area contributed by atoms with Crippen molar-refractivity contribution in [2.24, 2.45) is 46.4 Å². The lowest BCUT2D eigenvalue weighted by molar-refractivity contribution is 0.0996. The molecule has 11 unspecified atom stereocenters. The first-order valence-electron chi connectivity index (χ1n) is 30.5. The Labute approximate surface area is 471 Å². The fourth-order valence-corrected chi connectivity index (χ4v) is 20.8. The van der Waals surface area contributed by atoms with E-state index in [1.165, 1.54) is 96.2 Å². The van der Waals surface area contributed by atoms with E-state index < -0.39 is 5.66 Å². The van der Waals surface area contributed by atoms with Gasteiger partial charge in [0.15, 0.2) is 0 Å². The normalized spacial score (nSPS) is 34.8. The van der Waals surface area contributed by atoms with Gasteiger partial charge in [-0.25, -0.2) is 4.99 Å². The van der Waals surface area contributed by atoms with Gasteiger partial charge in [0.2, 0.25) is 0 Å². The van der Waals surface area contributed by atoms with Gasteiger partial charge in [0.1, 0.15) is 17.7 Å². The van der Waals surface area contributed by atoms with Crippen LogP contribution in [-0.2, 0) is 6.42 Å². The number of para-hydroxylation sites is 2. The smallest absolute Gasteiger partial charge is 0.131 e. The number of hydrogen-bond donors (Lipinski definition) is 2.